The molecule has 0 heterocycles. The normalized spacial score (nSPS) is 13.2. The molecule has 1 amide bonds. The Morgan fingerprint density at radius 2 is 1.94 bits per heavy atom. The molecular formula is C13H17BrClNO. The van der Waals surface area contributed by atoms with Gasteiger partial charge in [0.25, 0.3) is 0 Å². The molecule has 0 aromatic heterocycles. The van der Waals surface area contributed by atoms with Crippen LogP contribution in [0.1, 0.15) is 32.4 Å². The van der Waals surface area contributed by atoms with Crippen molar-refractivity contribution in [3.63, 3.8) is 0 Å². The van der Waals surface area contributed by atoms with E-state index in [1.165, 1.54) is 0 Å². The molecular weight excluding hydrogens is 302 g/mol. The van der Waals surface area contributed by atoms with E-state index in [9.17, 15) is 4.79 Å². The molecule has 0 aliphatic rings. The molecule has 0 saturated carbocycles. The third-order valence-corrected chi connectivity index (χ3v) is 3.86. The Morgan fingerprint density at radius 3 is 2.41 bits per heavy atom. The number of carbonyl (C=O) groups excluding carboxylic acids is 1. The summed E-state index contributed by atoms with van der Waals surface area (Å²) in [6, 6.07) is 7.89. The Labute approximate surface area is 116 Å². The first kappa shape index (κ1) is 14.5. The van der Waals surface area contributed by atoms with Crippen molar-refractivity contribution in [2.45, 2.75) is 26.8 Å². The average Bonchev–Trinajstić information content (AvgIpc) is 2.29. The van der Waals surface area contributed by atoms with E-state index in [4.69, 9.17) is 11.6 Å². The quantitative estimate of drug-likeness (QED) is 0.838. The Balaban J connectivity index is 2.70. The van der Waals surface area contributed by atoms with Crippen molar-refractivity contribution in [3.8, 4) is 0 Å². The Hall–Kier alpha value is -0.540. The first-order valence-electron chi connectivity index (χ1n) is 5.49. The summed E-state index contributed by atoms with van der Waals surface area (Å²) in [5, 5.41) is 2.97. The zero-order valence-corrected chi connectivity index (χ0v) is 12.6. The molecule has 4 heteroatoms. The van der Waals surface area contributed by atoms with Crippen LogP contribution >= 0.6 is 27.5 Å². The molecule has 2 nitrogen and oxygen atoms in total. The van der Waals surface area contributed by atoms with Crippen LogP contribution in [0.3, 0.4) is 0 Å². The minimum absolute atomic E-state index is 0.0157. The predicted molar refractivity (Wildman–Crippen MR) is 75.2 cm³/mol. The Kier molecular flexibility index (Phi) is 5.02. The molecule has 1 aromatic rings. The maximum atomic E-state index is 11.9. The highest BCUT2D eigenvalue weighted by Crippen LogP contribution is 2.21. The second kappa shape index (κ2) is 5.87. The summed E-state index contributed by atoms with van der Waals surface area (Å²) in [7, 11) is 0. The zero-order chi connectivity index (χ0) is 13.1. The largest absolute Gasteiger partial charge is 0.349 e. The predicted octanol–water partition coefficient (Wildman–Crippen LogP) is 3.89. The first-order chi connectivity index (χ1) is 7.86. The van der Waals surface area contributed by atoms with Gasteiger partial charge in [0, 0.05) is 10.4 Å². The summed E-state index contributed by atoms with van der Waals surface area (Å²) in [6.45, 7) is 5.64. The van der Waals surface area contributed by atoms with E-state index >= 15 is 0 Å². The van der Waals surface area contributed by atoms with Gasteiger partial charge in [-0.05, 0) is 38.5 Å². The Bertz CT molecular complexity index is 389. The standard InChI is InChI=1S/C13H17BrClNO/c1-9(10-4-6-11(14)7-5-10)16-12(17)13(2,3)8-15/h4-7,9H,8H2,1-3H3,(H,16,17). The first-order valence-corrected chi connectivity index (χ1v) is 6.82. The number of hydrogen-bond donors (Lipinski definition) is 1. The van der Waals surface area contributed by atoms with Crippen LogP contribution in [0.2, 0.25) is 0 Å². The van der Waals surface area contributed by atoms with Gasteiger partial charge >= 0.3 is 0 Å². The minimum atomic E-state index is -0.537. The maximum Gasteiger partial charge on any atom is 0.227 e. The van der Waals surface area contributed by atoms with Crippen LogP contribution in [0, 0.1) is 5.41 Å². The molecule has 0 radical (unpaired) electrons. The third kappa shape index (κ3) is 4.00. The number of nitrogens with one attached hydrogen (secondary N) is 1. The zero-order valence-electron chi connectivity index (χ0n) is 10.3. The van der Waals surface area contributed by atoms with Gasteiger partial charge in [-0.15, -0.1) is 11.6 Å². The van der Waals surface area contributed by atoms with Gasteiger partial charge in [0.05, 0.1) is 11.5 Å². The molecule has 0 aliphatic carbocycles. The van der Waals surface area contributed by atoms with Crippen LogP contribution in [0.4, 0.5) is 0 Å². The van der Waals surface area contributed by atoms with Crippen molar-refractivity contribution in [1.29, 1.82) is 0 Å². The number of alkyl halides is 1. The molecule has 1 unspecified atom stereocenters. The highest BCUT2D eigenvalue weighted by Gasteiger charge is 2.27. The fourth-order valence-electron chi connectivity index (χ4n) is 1.29. The van der Waals surface area contributed by atoms with Gasteiger partial charge in [-0.25, -0.2) is 0 Å². The monoisotopic (exact) mass is 317 g/mol. The van der Waals surface area contributed by atoms with Crippen molar-refractivity contribution in [2.24, 2.45) is 5.41 Å². The molecule has 0 spiro atoms. The van der Waals surface area contributed by atoms with E-state index in [0.717, 1.165) is 10.0 Å². The van der Waals surface area contributed by atoms with E-state index in [1.54, 1.807) is 0 Å². The van der Waals surface area contributed by atoms with Crippen LogP contribution in [0.25, 0.3) is 0 Å². The molecule has 1 rings (SSSR count). The molecule has 1 N–H and O–H groups in total. The highest BCUT2D eigenvalue weighted by atomic mass is 79.9. The van der Waals surface area contributed by atoms with Gasteiger partial charge in [-0.2, -0.15) is 0 Å². The number of benzene rings is 1. The number of carbonyl (C=O) groups is 1. The lowest BCUT2D eigenvalue weighted by Gasteiger charge is -2.24. The molecule has 1 atom stereocenters. The molecule has 1 aromatic carbocycles. The summed E-state index contributed by atoms with van der Waals surface area (Å²) in [5.41, 5.74) is 0.539. The van der Waals surface area contributed by atoms with E-state index in [1.807, 2.05) is 45.0 Å². The summed E-state index contributed by atoms with van der Waals surface area (Å²) in [5.74, 6) is 0.286. The van der Waals surface area contributed by atoms with Crippen LogP contribution in [0.15, 0.2) is 28.7 Å². The second-order valence-corrected chi connectivity index (χ2v) is 5.95. The third-order valence-electron chi connectivity index (χ3n) is 2.67. The molecule has 17 heavy (non-hydrogen) atoms. The second-order valence-electron chi connectivity index (χ2n) is 4.76. The topological polar surface area (TPSA) is 29.1 Å². The smallest absolute Gasteiger partial charge is 0.227 e. The van der Waals surface area contributed by atoms with Crippen molar-refractivity contribution < 1.29 is 4.79 Å². The van der Waals surface area contributed by atoms with Gasteiger partial charge in [0.2, 0.25) is 5.91 Å². The van der Waals surface area contributed by atoms with E-state index in [2.05, 4.69) is 21.2 Å². The molecule has 0 aliphatic heterocycles. The summed E-state index contributed by atoms with van der Waals surface area (Å²) >= 11 is 9.15. The van der Waals surface area contributed by atoms with Crippen molar-refractivity contribution in [2.75, 3.05) is 5.88 Å². The summed E-state index contributed by atoms with van der Waals surface area (Å²) in [6.07, 6.45) is 0. The maximum absolute atomic E-state index is 11.9. The summed E-state index contributed by atoms with van der Waals surface area (Å²) < 4.78 is 1.03. The van der Waals surface area contributed by atoms with Gasteiger partial charge in [-0.3, -0.25) is 4.79 Å². The fraction of sp³-hybridized carbons (Fsp3) is 0.462. The van der Waals surface area contributed by atoms with Crippen molar-refractivity contribution in [1.82, 2.24) is 5.32 Å². The van der Waals surface area contributed by atoms with Crippen LogP contribution < -0.4 is 5.32 Å². The van der Waals surface area contributed by atoms with Gasteiger partial charge in [-0.1, -0.05) is 28.1 Å². The highest BCUT2D eigenvalue weighted by molar-refractivity contribution is 9.10. The number of halogens is 2. The molecule has 0 bridgehead atoms. The number of hydrogen-bond acceptors (Lipinski definition) is 1. The SMILES string of the molecule is CC(NC(=O)C(C)(C)CCl)c1ccc(Br)cc1. The lowest BCUT2D eigenvalue weighted by molar-refractivity contribution is -0.129. The minimum Gasteiger partial charge on any atom is -0.349 e. The summed E-state index contributed by atoms with van der Waals surface area (Å²) in [4.78, 5) is 11.9. The van der Waals surface area contributed by atoms with Gasteiger partial charge < -0.3 is 5.32 Å². The number of rotatable bonds is 4. The van der Waals surface area contributed by atoms with Crippen LogP contribution in [0.5, 0.6) is 0 Å². The van der Waals surface area contributed by atoms with E-state index in [-0.39, 0.29) is 11.9 Å². The Morgan fingerprint density at radius 1 is 1.41 bits per heavy atom. The lowest BCUT2D eigenvalue weighted by atomic mass is 9.94. The molecule has 0 saturated heterocycles. The molecule has 94 valence electrons. The van der Waals surface area contributed by atoms with E-state index in [0.29, 0.717) is 5.88 Å². The van der Waals surface area contributed by atoms with Crippen molar-refractivity contribution >= 4 is 33.4 Å². The van der Waals surface area contributed by atoms with Crippen LogP contribution in [-0.2, 0) is 4.79 Å². The van der Waals surface area contributed by atoms with Gasteiger partial charge in [0.15, 0.2) is 0 Å². The number of amides is 1. The fourth-order valence-corrected chi connectivity index (χ4v) is 1.67. The van der Waals surface area contributed by atoms with Gasteiger partial charge in [0.1, 0.15) is 0 Å². The average molecular weight is 319 g/mol. The molecule has 0 fully saturated rings. The lowest BCUT2D eigenvalue weighted by Crippen LogP contribution is -2.39. The van der Waals surface area contributed by atoms with Crippen LogP contribution in [-0.4, -0.2) is 11.8 Å². The van der Waals surface area contributed by atoms with Crippen molar-refractivity contribution in [3.05, 3.63) is 34.3 Å². The van der Waals surface area contributed by atoms with E-state index < -0.39 is 5.41 Å².